The molecule has 3 heterocycles. The zero-order valence-corrected chi connectivity index (χ0v) is 13.8. The molecule has 1 atom stereocenters. The maximum absolute atomic E-state index is 9.16. The van der Waals surface area contributed by atoms with Gasteiger partial charge in [0, 0.05) is 24.6 Å². The molecule has 4 nitrogen and oxygen atoms in total. The highest BCUT2D eigenvalue weighted by Gasteiger charge is 2.23. The average Bonchev–Trinajstić information content (AvgIpc) is 2.90. The number of aliphatic hydroxyl groups is 1. The van der Waals surface area contributed by atoms with Crippen molar-refractivity contribution in [1.82, 2.24) is 9.97 Å². The van der Waals surface area contributed by atoms with Gasteiger partial charge >= 0.3 is 0 Å². The molecule has 21 heavy (non-hydrogen) atoms. The standard InChI is InChI=1S/C15H20ClN3OS/c1-2-11-8-12-13(17-15(16)18-14(12)21-11)19-6-3-4-10(9-19)5-7-20/h8,10,20H,2-7,9H2,1H3. The molecule has 1 N–H and O–H groups in total. The summed E-state index contributed by atoms with van der Waals surface area (Å²) in [6.45, 7) is 4.36. The molecule has 0 aliphatic carbocycles. The molecule has 1 aliphatic rings. The van der Waals surface area contributed by atoms with Crippen LogP contribution < -0.4 is 4.90 Å². The Morgan fingerprint density at radius 2 is 2.33 bits per heavy atom. The van der Waals surface area contributed by atoms with Crippen molar-refractivity contribution in [3.8, 4) is 0 Å². The van der Waals surface area contributed by atoms with Gasteiger partial charge in [-0.3, -0.25) is 0 Å². The number of nitrogens with zero attached hydrogens (tertiary/aromatic N) is 3. The lowest BCUT2D eigenvalue weighted by Crippen LogP contribution is -2.36. The van der Waals surface area contributed by atoms with E-state index in [1.54, 1.807) is 11.3 Å². The number of piperidine rings is 1. The first kappa shape index (κ1) is 15.0. The van der Waals surface area contributed by atoms with E-state index in [1.807, 2.05) is 0 Å². The summed E-state index contributed by atoms with van der Waals surface area (Å²) in [5.74, 6) is 1.50. The second-order valence-electron chi connectivity index (χ2n) is 5.57. The first-order chi connectivity index (χ1) is 10.2. The number of hydrogen-bond acceptors (Lipinski definition) is 5. The zero-order valence-electron chi connectivity index (χ0n) is 12.2. The van der Waals surface area contributed by atoms with E-state index in [1.165, 1.54) is 11.3 Å². The van der Waals surface area contributed by atoms with Gasteiger partial charge < -0.3 is 10.0 Å². The van der Waals surface area contributed by atoms with Gasteiger partial charge in [0.25, 0.3) is 0 Å². The predicted octanol–water partition coefficient (Wildman–Crippen LogP) is 3.51. The van der Waals surface area contributed by atoms with E-state index in [4.69, 9.17) is 16.7 Å². The Balaban J connectivity index is 1.96. The summed E-state index contributed by atoms with van der Waals surface area (Å²) in [6.07, 6.45) is 4.19. The lowest BCUT2D eigenvalue weighted by atomic mass is 9.95. The van der Waals surface area contributed by atoms with Gasteiger partial charge in [0.2, 0.25) is 5.28 Å². The van der Waals surface area contributed by atoms with E-state index in [9.17, 15) is 0 Å². The van der Waals surface area contributed by atoms with Crippen LogP contribution >= 0.6 is 22.9 Å². The topological polar surface area (TPSA) is 49.2 Å². The third-order valence-electron chi connectivity index (χ3n) is 4.10. The van der Waals surface area contributed by atoms with Crippen molar-refractivity contribution in [3.05, 3.63) is 16.2 Å². The molecule has 0 amide bonds. The van der Waals surface area contributed by atoms with Crippen LogP contribution in [0.5, 0.6) is 0 Å². The van der Waals surface area contributed by atoms with Gasteiger partial charge in [-0.25, -0.2) is 4.98 Å². The lowest BCUT2D eigenvalue weighted by Gasteiger charge is -2.33. The molecule has 0 spiro atoms. The van der Waals surface area contributed by atoms with Crippen LogP contribution in [-0.2, 0) is 6.42 Å². The van der Waals surface area contributed by atoms with Gasteiger partial charge in [-0.1, -0.05) is 6.92 Å². The molecular weight excluding hydrogens is 306 g/mol. The smallest absolute Gasteiger partial charge is 0.225 e. The Kier molecular flexibility index (Phi) is 4.62. The SMILES string of the molecule is CCc1cc2c(N3CCCC(CCO)C3)nc(Cl)nc2s1. The van der Waals surface area contributed by atoms with Crippen LogP contribution in [0.15, 0.2) is 6.07 Å². The minimum absolute atomic E-state index is 0.261. The van der Waals surface area contributed by atoms with Crippen molar-refractivity contribution >= 4 is 39.0 Å². The first-order valence-electron chi connectivity index (χ1n) is 7.53. The maximum atomic E-state index is 9.16. The number of halogens is 1. The van der Waals surface area contributed by atoms with Crippen LogP contribution in [0, 0.1) is 5.92 Å². The Morgan fingerprint density at radius 1 is 1.48 bits per heavy atom. The number of hydrogen-bond donors (Lipinski definition) is 1. The summed E-state index contributed by atoms with van der Waals surface area (Å²) >= 11 is 7.81. The first-order valence-corrected chi connectivity index (χ1v) is 8.72. The molecular formula is C15H20ClN3OS. The van der Waals surface area contributed by atoms with Gasteiger partial charge in [0.05, 0.1) is 5.39 Å². The number of aliphatic hydroxyl groups excluding tert-OH is 1. The summed E-state index contributed by atoms with van der Waals surface area (Å²) in [4.78, 5) is 13.5. The monoisotopic (exact) mass is 325 g/mol. The molecule has 1 fully saturated rings. The summed E-state index contributed by atoms with van der Waals surface area (Å²) < 4.78 is 0. The average molecular weight is 326 g/mol. The Hall–Kier alpha value is -0.910. The van der Waals surface area contributed by atoms with E-state index >= 15 is 0 Å². The van der Waals surface area contributed by atoms with Crippen molar-refractivity contribution in [2.45, 2.75) is 32.6 Å². The van der Waals surface area contributed by atoms with Crippen LogP contribution in [0.25, 0.3) is 10.2 Å². The van der Waals surface area contributed by atoms with E-state index < -0.39 is 0 Å². The minimum atomic E-state index is 0.261. The molecule has 0 bridgehead atoms. The van der Waals surface area contributed by atoms with Gasteiger partial charge in [0.1, 0.15) is 10.6 Å². The molecule has 1 saturated heterocycles. The number of aromatic nitrogens is 2. The van der Waals surface area contributed by atoms with Crippen molar-refractivity contribution in [3.63, 3.8) is 0 Å². The highest BCUT2D eigenvalue weighted by Crippen LogP contribution is 2.34. The highest BCUT2D eigenvalue weighted by molar-refractivity contribution is 7.18. The van der Waals surface area contributed by atoms with Gasteiger partial charge in [-0.05, 0) is 49.3 Å². The predicted molar refractivity (Wildman–Crippen MR) is 88.4 cm³/mol. The molecule has 2 aromatic rings. The number of fused-ring (bicyclic) bond motifs is 1. The number of anilines is 1. The minimum Gasteiger partial charge on any atom is -0.396 e. The second kappa shape index (κ2) is 6.46. The molecule has 3 rings (SSSR count). The van der Waals surface area contributed by atoms with Crippen molar-refractivity contribution in [1.29, 1.82) is 0 Å². The number of rotatable bonds is 4. The molecule has 6 heteroatoms. The highest BCUT2D eigenvalue weighted by atomic mass is 35.5. The molecule has 1 aliphatic heterocycles. The van der Waals surface area contributed by atoms with Gasteiger partial charge in [-0.15, -0.1) is 11.3 Å². The summed E-state index contributed by atoms with van der Waals surface area (Å²) in [5, 5.41) is 10.6. The van der Waals surface area contributed by atoms with Crippen molar-refractivity contribution in [2.24, 2.45) is 5.92 Å². The van der Waals surface area contributed by atoms with E-state index in [0.29, 0.717) is 11.2 Å². The molecule has 1 unspecified atom stereocenters. The largest absolute Gasteiger partial charge is 0.396 e. The summed E-state index contributed by atoms with van der Waals surface area (Å²) in [5.41, 5.74) is 0. The van der Waals surface area contributed by atoms with Crippen molar-refractivity contribution in [2.75, 3.05) is 24.6 Å². The number of thiophene rings is 1. The second-order valence-corrected chi connectivity index (χ2v) is 7.02. The van der Waals surface area contributed by atoms with Crippen LogP contribution in [0.2, 0.25) is 5.28 Å². The molecule has 0 aromatic carbocycles. The lowest BCUT2D eigenvalue weighted by molar-refractivity contribution is 0.244. The van der Waals surface area contributed by atoms with Crippen molar-refractivity contribution < 1.29 is 5.11 Å². The Morgan fingerprint density at radius 3 is 3.10 bits per heavy atom. The zero-order chi connectivity index (χ0) is 14.8. The van der Waals surface area contributed by atoms with Crippen LogP contribution in [-0.4, -0.2) is 34.8 Å². The third kappa shape index (κ3) is 3.15. The van der Waals surface area contributed by atoms with E-state index in [0.717, 1.165) is 48.4 Å². The van der Waals surface area contributed by atoms with Crippen LogP contribution in [0.4, 0.5) is 5.82 Å². The van der Waals surface area contributed by atoms with Crippen LogP contribution in [0.1, 0.15) is 31.1 Å². The summed E-state index contributed by atoms with van der Waals surface area (Å²) in [7, 11) is 0. The third-order valence-corrected chi connectivity index (χ3v) is 5.44. The van der Waals surface area contributed by atoms with E-state index in [2.05, 4.69) is 27.9 Å². The fourth-order valence-corrected chi connectivity index (χ4v) is 4.20. The maximum Gasteiger partial charge on any atom is 0.225 e. The Labute approximate surface area is 133 Å². The summed E-state index contributed by atoms with van der Waals surface area (Å²) in [6, 6.07) is 2.20. The Bertz CT molecular complexity index is 629. The fraction of sp³-hybridized carbons (Fsp3) is 0.600. The van der Waals surface area contributed by atoms with Crippen LogP contribution in [0.3, 0.4) is 0 Å². The fourth-order valence-electron chi connectivity index (χ4n) is 3.02. The quantitative estimate of drug-likeness (QED) is 0.874. The normalized spacial score (nSPS) is 19.4. The molecule has 114 valence electrons. The molecule has 0 radical (unpaired) electrons. The molecule has 0 saturated carbocycles. The molecule has 2 aromatic heterocycles. The van der Waals surface area contributed by atoms with E-state index in [-0.39, 0.29) is 6.61 Å². The van der Waals surface area contributed by atoms with Gasteiger partial charge in [-0.2, -0.15) is 4.98 Å². The van der Waals surface area contributed by atoms with Gasteiger partial charge in [0.15, 0.2) is 0 Å². The number of aryl methyl sites for hydroxylation is 1.